The molecule has 0 atom stereocenters. The first-order chi connectivity index (χ1) is 13.7. The molecule has 0 saturated carbocycles. The molecule has 28 heavy (non-hydrogen) atoms. The predicted molar refractivity (Wildman–Crippen MR) is 113 cm³/mol. The maximum atomic E-state index is 10.5. The van der Waals surface area contributed by atoms with Crippen LogP contribution in [-0.4, -0.2) is 20.2 Å². The molecule has 4 rings (SSSR count). The summed E-state index contributed by atoms with van der Waals surface area (Å²) < 4.78 is 0. The summed E-state index contributed by atoms with van der Waals surface area (Å²) in [5, 5.41) is 21.1. The van der Waals surface area contributed by atoms with Gasteiger partial charge in [0.15, 0.2) is 0 Å². The maximum Gasteiger partial charge on any atom is 0.125 e. The van der Waals surface area contributed by atoms with Crippen LogP contribution in [0.5, 0.6) is 0 Å². The lowest BCUT2D eigenvalue weighted by atomic mass is 10.1. The fourth-order valence-corrected chi connectivity index (χ4v) is 2.88. The molecule has 2 N–H and O–H groups in total. The molecule has 1 aromatic heterocycles. The Bertz CT molecular complexity index is 1070. The summed E-state index contributed by atoms with van der Waals surface area (Å²) in [7, 11) is 0. The van der Waals surface area contributed by atoms with Gasteiger partial charge in [0.05, 0.1) is 22.4 Å². The molecule has 4 heteroatoms. The van der Waals surface area contributed by atoms with E-state index in [9.17, 15) is 10.2 Å². The van der Waals surface area contributed by atoms with Gasteiger partial charge in [0.25, 0.3) is 0 Å². The molecule has 0 unspecified atom stereocenters. The molecule has 0 amide bonds. The molecule has 0 saturated heterocycles. The number of nitrogens with zero attached hydrogens (tertiary/aromatic N) is 2. The molecule has 0 fully saturated rings. The zero-order chi connectivity index (χ0) is 19.3. The van der Waals surface area contributed by atoms with Gasteiger partial charge < -0.3 is 10.2 Å². The summed E-state index contributed by atoms with van der Waals surface area (Å²) in [4.78, 5) is 9.27. The van der Waals surface area contributed by atoms with E-state index in [1.807, 2.05) is 84.9 Å². The third-order valence-corrected chi connectivity index (χ3v) is 4.31. The number of fused-ring (bicyclic) bond motifs is 1. The van der Waals surface area contributed by atoms with Crippen LogP contribution in [0.15, 0.2) is 84.9 Å². The van der Waals surface area contributed by atoms with E-state index in [0.29, 0.717) is 33.5 Å². The van der Waals surface area contributed by atoms with Gasteiger partial charge in [-0.1, -0.05) is 72.8 Å². The summed E-state index contributed by atoms with van der Waals surface area (Å²) >= 11 is 0. The highest BCUT2D eigenvalue weighted by Crippen LogP contribution is 2.22. The lowest BCUT2D eigenvalue weighted by Crippen LogP contribution is -1.96. The second-order valence-electron chi connectivity index (χ2n) is 6.27. The molecule has 0 aliphatic heterocycles. The molecular formula is C24H18N2O2. The SMILES string of the molecule is O/C(=C\c1nc2ccccc2nc1/C=C(\O)c1ccccc1)c1ccccc1. The van der Waals surface area contributed by atoms with Crippen molar-refractivity contribution in [1.29, 1.82) is 0 Å². The third-order valence-electron chi connectivity index (χ3n) is 4.31. The van der Waals surface area contributed by atoms with Crippen molar-refractivity contribution in [1.82, 2.24) is 9.97 Å². The number of hydrogen-bond acceptors (Lipinski definition) is 4. The normalized spacial score (nSPS) is 12.3. The average molecular weight is 366 g/mol. The first kappa shape index (κ1) is 17.5. The summed E-state index contributed by atoms with van der Waals surface area (Å²) in [6, 6.07) is 26.0. The lowest BCUT2D eigenvalue weighted by Gasteiger charge is -2.07. The molecule has 0 radical (unpaired) electrons. The van der Waals surface area contributed by atoms with Crippen LogP contribution in [-0.2, 0) is 0 Å². The Hall–Kier alpha value is -3.92. The van der Waals surface area contributed by atoms with Crippen LogP contribution in [0.4, 0.5) is 0 Å². The number of hydrogen-bond donors (Lipinski definition) is 2. The lowest BCUT2D eigenvalue weighted by molar-refractivity contribution is 0.514. The Morgan fingerprint density at radius 3 is 1.29 bits per heavy atom. The Balaban J connectivity index is 1.86. The van der Waals surface area contributed by atoms with Crippen LogP contribution in [0.1, 0.15) is 22.5 Å². The van der Waals surface area contributed by atoms with Crippen molar-refractivity contribution in [2.24, 2.45) is 0 Å². The Labute approximate surface area is 162 Å². The molecule has 0 bridgehead atoms. The van der Waals surface area contributed by atoms with Crippen LogP contribution in [0.3, 0.4) is 0 Å². The zero-order valence-electron chi connectivity index (χ0n) is 15.0. The maximum absolute atomic E-state index is 10.5. The second kappa shape index (κ2) is 7.76. The van der Waals surface area contributed by atoms with Gasteiger partial charge in [-0.2, -0.15) is 0 Å². The fraction of sp³-hybridized carbons (Fsp3) is 0. The van der Waals surface area contributed by atoms with Crippen LogP contribution in [0.2, 0.25) is 0 Å². The highest BCUT2D eigenvalue weighted by Gasteiger charge is 2.09. The molecule has 4 aromatic rings. The number of aromatic nitrogens is 2. The molecule has 0 spiro atoms. The fourth-order valence-electron chi connectivity index (χ4n) is 2.88. The van der Waals surface area contributed by atoms with Crippen LogP contribution in [0.25, 0.3) is 34.7 Å². The summed E-state index contributed by atoms with van der Waals surface area (Å²) in [6.45, 7) is 0. The van der Waals surface area contributed by atoms with Crippen LogP contribution >= 0.6 is 0 Å². The minimum absolute atomic E-state index is 0.0824. The average Bonchev–Trinajstić information content (AvgIpc) is 2.75. The molecule has 1 heterocycles. The Morgan fingerprint density at radius 1 is 0.536 bits per heavy atom. The van der Waals surface area contributed by atoms with Crippen molar-refractivity contribution in [3.05, 3.63) is 107 Å². The first-order valence-electron chi connectivity index (χ1n) is 8.90. The molecule has 0 aliphatic carbocycles. The van der Waals surface area contributed by atoms with Gasteiger partial charge in [-0.3, -0.25) is 0 Å². The Morgan fingerprint density at radius 2 is 0.893 bits per heavy atom. The van der Waals surface area contributed by atoms with Gasteiger partial charge >= 0.3 is 0 Å². The van der Waals surface area contributed by atoms with E-state index in [0.717, 1.165) is 0 Å². The minimum atomic E-state index is 0.0824. The zero-order valence-corrected chi connectivity index (χ0v) is 15.0. The van der Waals surface area contributed by atoms with E-state index >= 15 is 0 Å². The first-order valence-corrected chi connectivity index (χ1v) is 8.90. The van der Waals surface area contributed by atoms with Gasteiger partial charge in [0, 0.05) is 23.3 Å². The van der Waals surface area contributed by atoms with Crippen molar-refractivity contribution in [2.45, 2.75) is 0 Å². The summed E-state index contributed by atoms with van der Waals surface area (Å²) in [5.41, 5.74) is 3.74. The van der Waals surface area contributed by atoms with Crippen LogP contribution in [0, 0.1) is 0 Å². The van der Waals surface area contributed by atoms with E-state index in [4.69, 9.17) is 0 Å². The summed E-state index contributed by atoms with van der Waals surface area (Å²) in [5.74, 6) is 0.165. The number of aliphatic hydroxyl groups excluding tert-OH is 2. The van der Waals surface area contributed by atoms with Gasteiger partial charge in [-0.25, -0.2) is 9.97 Å². The molecular weight excluding hydrogens is 348 g/mol. The summed E-state index contributed by atoms with van der Waals surface area (Å²) in [6.07, 6.45) is 3.14. The molecule has 3 aromatic carbocycles. The van der Waals surface area contributed by atoms with Crippen molar-refractivity contribution < 1.29 is 10.2 Å². The number of benzene rings is 3. The minimum Gasteiger partial charge on any atom is -0.507 e. The van der Waals surface area contributed by atoms with E-state index in [2.05, 4.69) is 9.97 Å². The monoisotopic (exact) mass is 366 g/mol. The molecule has 136 valence electrons. The topological polar surface area (TPSA) is 66.2 Å². The van der Waals surface area contributed by atoms with E-state index in [-0.39, 0.29) is 11.5 Å². The quantitative estimate of drug-likeness (QED) is 0.452. The number of para-hydroxylation sites is 2. The van der Waals surface area contributed by atoms with Crippen molar-refractivity contribution in [2.75, 3.05) is 0 Å². The Kier molecular flexibility index (Phi) is 4.85. The van der Waals surface area contributed by atoms with Crippen molar-refractivity contribution in [3.8, 4) is 0 Å². The smallest absolute Gasteiger partial charge is 0.125 e. The third kappa shape index (κ3) is 3.76. The van der Waals surface area contributed by atoms with E-state index in [1.54, 1.807) is 12.2 Å². The number of rotatable bonds is 4. The van der Waals surface area contributed by atoms with Gasteiger partial charge in [0.2, 0.25) is 0 Å². The van der Waals surface area contributed by atoms with Gasteiger partial charge in [-0.05, 0) is 12.1 Å². The predicted octanol–water partition coefficient (Wildman–Crippen LogP) is 5.74. The van der Waals surface area contributed by atoms with Crippen molar-refractivity contribution in [3.63, 3.8) is 0 Å². The van der Waals surface area contributed by atoms with E-state index < -0.39 is 0 Å². The highest BCUT2D eigenvalue weighted by molar-refractivity contribution is 5.86. The number of aliphatic hydroxyl groups is 2. The van der Waals surface area contributed by atoms with Gasteiger partial charge in [-0.15, -0.1) is 0 Å². The van der Waals surface area contributed by atoms with E-state index in [1.165, 1.54) is 0 Å². The second-order valence-corrected chi connectivity index (χ2v) is 6.27. The standard InChI is InChI=1S/C24H18N2O2/c27-23(17-9-3-1-4-10-17)15-21-22(16-24(28)18-11-5-2-6-12-18)26-20-14-8-7-13-19(20)25-21/h1-16,27-28H/b23-15-,24-16-. The van der Waals surface area contributed by atoms with Crippen molar-refractivity contribution >= 4 is 34.7 Å². The highest BCUT2D eigenvalue weighted by atomic mass is 16.3. The molecule has 4 nitrogen and oxygen atoms in total. The van der Waals surface area contributed by atoms with Gasteiger partial charge in [0.1, 0.15) is 11.5 Å². The largest absolute Gasteiger partial charge is 0.507 e. The molecule has 0 aliphatic rings. The van der Waals surface area contributed by atoms with Crippen LogP contribution < -0.4 is 0 Å².